The summed E-state index contributed by atoms with van der Waals surface area (Å²) in [5.41, 5.74) is 1.98. The van der Waals surface area contributed by atoms with Crippen molar-refractivity contribution in [3.63, 3.8) is 0 Å². The summed E-state index contributed by atoms with van der Waals surface area (Å²) in [5, 5.41) is 13.2. The number of aliphatic hydroxyl groups is 1. The van der Waals surface area contributed by atoms with Crippen LogP contribution in [0.1, 0.15) is 22.7 Å². The smallest absolute Gasteiger partial charge is 0.295 e. The Balaban J connectivity index is 1.66. The highest BCUT2D eigenvalue weighted by atomic mass is 16.3. The zero-order valence-electron chi connectivity index (χ0n) is 17.1. The first-order valence-electron chi connectivity index (χ1n) is 10.2. The molecule has 156 valence electrons. The zero-order chi connectivity index (χ0) is 22.1. The Morgan fingerprint density at radius 1 is 0.875 bits per heavy atom. The van der Waals surface area contributed by atoms with E-state index in [2.05, 4.69) is 9.97 Å². The first-order chi connectivity index (χ1) is 15.6. The quantitative estimate of drug-likeness (QED) is 0.303. The molecule has 1 saturated heterocycles. The van der Waals surface area contributed by atoms with E-state index in [-0.39, 0.29) is 17.9 Å². The molecule has 1 aliphatic heterocycles. The summed E-state index contributed by atoms with van der Waals surface area (Å²) in [6.07, 6.45) is 6.54. The molecule has 1 fully saturated rings. The van der Waals surface area contributed by atoms with Crippen molar-refractivity contribution in [1.29, 1.82) is 0 Å². The molecule has 1 amide bonds. The van der Waals surface area contributed by atoms with Gasteiger partial charge in [0.05, 0.1) is 11.6 Å². The van der Waals surface area contributed by atoms with Crippen LogP contribution in [0.25, 0.3) is 16.5 Å². The van der Waals surface area contributed by atoms with Gasteiger partial charge in [-0.1, -0.05) is 48.5 Å². The van der Waals surface area contributed by atoms with E-state index in [1.165, 1.54) is 4.90 Å². The third kappa shape index (κ3) is 3.41. The molecule has 0 aliphatic carbocycles. The maximum atomic E-state index is 13.1. The molecule has 2 aromatic heterocycles. The number of hydrogen-bond donors (Lipinski definition) is 1. The third-order valence-corrected chi connectivity index (χ3v) is 5.64. The van der Waals surface area contributed by atoms with E-state index < -0.39 is 17.7 Å². The number of carbonyl (C=O) groups excluding carboxylic acids is 2. The molecule has 3 heterocycles. The van der Waals surface area contributed by atoms with Crippen LogP contribution in [0.5, 0.6) is 0 Å². The van der Waals surface area contributed by atoms with Crippen LogP contribution in [-0.4, -0.2) is 31.7 Å². The van der Waals surface area contributed by atoms with Crippen LogP contribution >= 0.6 is 0 Å². The number of benzene rings is 2. The number of aromatic nitrogens is 2. The molecule has 1 atom stereocenters. The van der Waals surface area contributed by atoms with E-state index in [9.17, 15) is 14.7 Å². The minimum Gasteiger partial charge on any atom is -0.507 e. The lowest BCUT2D eigenvalue weighted by molar-refractivity contribution is -0.140. The SMILES string of the molecule is O=C1C(=O)N(Cc2cccnc2)C(c2cccnc2)/C1=C(/O)c1ccc2ccccc2c1. The Hall–Kier alpha value is -4.32. The monoisotopic (exact) mass is 421 g/mol. The number of likely N-dealkylation sites (tertiary alicyclic amines) is 1. The van der Waals surface area contributed by atoms with Crippen molar-refractivity contribution in [2.45, 2.75) is 12.6 Å². The maximum absolute atomic E-state index is 13.1. The summed E-state index contributed by atoms with van der Waals surface area (Å²) in [5.74, 6) is -1.57. The van der Waals surface area contributed by atoms with Crippen LogP contribution < -0.4 is 0 Å². The lowest BCUT2D eigenvalue weighted by Crippen LogP contribution is -2.29. The van der Waals surface area contributed by atoms with Gasteiger partial charge in [0.15, 0.2) is 0 Å². The number of nitrogens with zero attached hydrogens (tertiary/aromatic N) is 3. The molecule has 32 heavy (non-hydrogen) atoms. The van der Waals surface area contributed by atoms with E-state index >= 15 is 0 Å². The van der Waals surface area contributed by atoms with Crippen LogP contribution in [0, 0.1) is 0 Å². The molecule has 0 saturated carbocycles. The summed E-state index contributed by atoms with van der Waals surface area (Å²) in [7, 11) is 0. The van der Waals surface area contributed by atoms with Crippen molar-refractivity contribution in [2.24, 2.45) is 0 Å². The van der Waals surface area contributed by atoms with Gasteiger partial charge in [-0.25, -0.2) is 0 Å². The van der Waals surface area contributed by atoms with Crippen molar-refractivity contribution in [1.82, 2.24) is 14.9 Å². The predicted octanol–water partition coefficient (Wildman–Crippen LogP) is 4.25. The Labute approximate surface area is 184 Å². The lowest BCUT2D eigenvalue weighted by Gasteiger charge is -2.25. The molecule has 0 bridgehead atoms. The molecule has 0 radical (unpaired) electrons. The minimum atomic E-state index is -0.754. The number of Topliss-reactive ketones (excluding diaryl/α,β-unsaturated/α-hetero) is 1. The van der Waals surface area contributed by atoms with Gasteiger partial charge < -0.3 is 10.0 Å². The normalized spacial score (nSPS) is 17.8. The van der Waals surface area contributed by atoms with Gasteiger partial charge >= 0.3 is 0 Å². The van der Waals surface area contributed by atoms with Crippen LogP contribution in [0.2, 0.25) is 0 Å². The van der Waals surface area contributed by atoms with Crippen molar-refractivity contribution in [3.05, 3.63) is 114 Å². The van der Waals surface area contributed by atoms with E-state index in [0.717, 1.165) is 16.3 Å². The Kier molecular flexibility index (Phi) is 4.95. The molecule has 1 unspecified atom stereocenters. The molecule has 5 rings (SSSR count). The number of rotatable bonds is 4. The first kappa shape index (κ1) is 19.6. The molecule has 1 N–H and O–H groups in total. The van der Waals surface area contributed by atoms with Crippen molar-refractivity contribution < 1.29 is 14.7 Å². The van der Waals surface area contributed by atoms with Crippen molar-refractivity contribution in [3.8, 4) is 0 Å². The molecular formula is C26H19N3O3. The van der Waals surface area contributed by atoms with Crippen LogP contribution in [0.4, 0.5) is 0 Å². The number of pyridine rings is 2. The first-order valence-corrected chi connectivity index (χ1v) is 10.2. The van der Waals surface area contributed by atoms with Crippen molar-refractivity contribution >= 4 is 28.2 Å². The topological polar surface area (TPSA) is 83.4 Å². The van der Waals surface area contributed by atoms with Gasteiger partial charge in [-0.3, -0.25) is 19.6 Å². The summed E-state index contributed by atoms with van der Waals surface area (Å²) in [4.78, 5) is 35.9. The second-order valence-corrected chi connectivity index (χ2v) is 7.64. The van der Waals surface area contributed by atoms with Crippen LogP contribution in [0.3, 0.4) is 0 Å². The second kappa shape index (κ2) is 8.07. The third-order valence-electron chi connectivity index (χ3n) is 5.64. The minimum absolute atomic E-state index is 0.0576. The number of amides is 1. The summed E-state index contributed by atoms with van der Waals surface area (Å²) in [6, 6.07) is 19.6. The molecule has 2 aromatic carbocycles. The Morgan fingerprint density at radius 2 is 1.62 bits per heavy atom. The predicted molar refractivity (Wildman–Crippen MR) is 120 cm³/mol. The van der Waals surface area contributed by atoms with Gasteiger partial charge in [-0.15, -0.1) is 0 Å². The van der Waals surface area contributed by atoms with E-state index in [4.69, 9.17) is 0 Å². The van der Waals surface area contributed by atoms with Gasteiger partial charge in [-0.05, 0) is 40.1 Å². The summed E-state index contributed by atoms with van der Waals surface area (Å²) >= 11 is 0. The number of hydrogen-bond acceptors (Lipinski definition) is 5. The number of fused-ring (bicyclic) bond motifs is 1. The fourth-order valence-corrected chi connectivity index (χ4v) is 4.11. The molecule has 6 nitrogen and oxygen atoms in total. The fraction of sp³-hybridized carbons (Fsp3) is 0.0769. The molecular weight excluding hydrogens is 402 g/mol. The van der Waals surface area contributed by atoms with Crippen molar-refractivity contribution in [2.75, 3.05) is 0 Å². The summed E-state index contributed by atoms with van der Waals surface area (Å²) in [6.45, 7) is 0.187. The number of aliphatic hydroxyl groups excluding tert-OH is 1. The second-order valence-electron chi connectivity index (χ2n) is 7.64. The van der Waals surface area contributed by atoms with Gasteiger partial charge in [0.1, 0.15) is 5.76 Å². The van der Waals surface area contributed by atoms with E-state index in [0.29, 0.717) is 11.1 Å². The highest BCUT2D eigenvalue weighted by Gasteiger charge is 2.46. The zero-order valence-corrected chi connectivity index (χ0v) is 17.1. The number of ketones is 1. The lowest BCUT2D eigenvalue weighted by atomic mass is 9.95. The van der Waals surface area contributed by atoms with E-state index in [1.807, 2.05) is 42.5 Å². The average Bonchev–Trinajstić information content (AvgIpc) is 3.09. The van der Waals surface area contributed by atoms with Gasteiger partial charge in [-0.2, -0.15) is 0 Å². The van der Waals surface area contributed by atoms with Gasteiger partial charge in [0, 0.05) is 36.9 Å². The van der Waals surface area contributed by atoms with E-state index in [1.54, 1.807) is 49.1 Å². The largest absolute Gasteiger partial charge is 0.507 e. The molecule has 1 aliphatic rings. The molecule has 4 aromatic rings. The Bertz CT molecular complexity index is 1350. The maximum Gasteiger partial charge on any atom is 0.295 e. The Morgan fingerprint density at radius 3 is 2.34 bits per heavy atom. The van der Waals surface area contributed by atoms with Crippen LogP contribution in [-0.2, 0) is 16.1 Å². The molecule has 0 spiro atoms. The highest BCUT2D eigenvalue weighted by Crippen LogP contribution is 2.40. The van der Waals surface area contributed by atoms with Gasteiger partial charge in [0.2, 0.25) is 0 Å². The molecule has 6 heteroatoms. The average molecular weight is 421 g/mol. The fourth-order valence-electron chi connectivity index (χ4n) is 4.11. The summed E-state index contributed by atoms with van der Waals surface area (Å²) < 4.78 is 0. The highest BCUT2D eigenvalue weighted by molar-refractivity contribution is 6.46. The number of carbonyl (C=O) groups is 2. The van der Waals surface area contributed by atoms with Gasteiger partial charge in [0.25, 0.3) is 11.7 Å². The standard InChI is InChI=1S/C26H19N3O3/c30-24(20-10-9-18-6-1-2-7-19(18)13-20)22-23(21-8-4-12-28-15-21)29(26(32)25(22)31)16-17-5-3-11-27-14-17/h1-15,23,30H,16H2/b24-22-. The van der Waals surface area contributed by atoms with Crippen LogP contribution in [0.15, 0.2) is 97.1 Å².